The zero-order valence-corrected chi connectivity index (χ0v) is 16.6. The summed E-state index contributed by atoms with van der Waals surface area (Å²) in [7, 11) is 0. The number of anilines is 1. The van der Waals surface area contributed by atoms with Gasteiger partial charge in [0.05, 0.1) is 6.67 Å². The molecule has 4 rings (SSSR count). The van der Waals surface area contributed by atoms with Crippen LogP contribution in [0.15, 0.2) is 48.8 Å². The number of benzene rings is 1. The van der Waals surface area contributed by atoms with Crippen molar-refractivity contribution in [1.29, 1.82) is 0 Å². The molecule has 0 radical (unpaired) electrons. The average molecular weight is 394 g/mol. The summed E-state index contributed by atoms with van der Waals surface area (Å²) in [4.78, 5) is 39.7. The lowest BCUT2D eigenvalue weighted by Crippen LogP contribution is -2.52. The van der Waals surface area contributed by atoms with Crippen molar-refractivity contribution in [2.24, 2.45) is 0 Å². The van der Waals surface area contributed by atoms with E-state index in [1.54, 1.807) is 18.5 Å². The second-order valence-electron chi connectivity index (χ2n) is 7.78. The third-order valence-electron chi connectivity index (χ3n) is 5.65. The van der Waals surface area contributed by atoms with Gasteiger partial charge in [-0.2, -0.15) is 0 Å². The fraction of sp³-hybridized carbons (Fsp3) is 0.429. The number of aryl methyl sites for hydroxylation is 1. The number of nitrogens with one attached hydrogen (secondary N) is 1. The van der Waals surface area contributed by atoms with E-state index in [0.29, 0.717) is 13.1 Å². The van der Waals surface area contributed by atoms with Gasteiger partial charge in [-0.05, 0) is 31.4 Å². The predicted molar refractivity (Wildman–Crippen MR) is 109 cm³/mol. The second-order valence-corrected chi connectivity index (χ2v) is 7.78. The van der Waals surface area contributed by atoms with Gasteiger partial charge >= 0.3 is 6.03 Å². The lowest BCUT2D eigenvalue weighted by atomic mass is 9.93. The molecular formula is C21H26N6O2. The second kappa shape index (κ2) is 8.16. The molecule has 2 aliphatic rings. The molecule has 0 spiro atoms. The van der Waals surface area contributed by atoms with Crippen LogP contribution in [0.25, 0.3) is 0 Å². The normalized spacial score (nSPS) is 22.8. The van der Waals surface area contributed by atoms with E-state index < -0.39 is 5.54 Å². The minimum Gasteiger partial charge on any atom is -0.338 e. The summed E-state index contributed by atoms with van der Waals surface area (Å²) in [5.41, 5.74) is 0.306. The van der Waals surface area contributed by atoms with Crippen molar-refractivity contribution in [3.63, 3.8) is 0 Å². The van der Waals surface area contributed by atoms with E-state index in [9.17, 15) is 9.59 Å². The molecule has 2 aliphatic heterocycles. The van der Waals surface area contributed by atoms with Gasteiger partial charge < -0.3 is 10.2 Å². The number of nitrogens with zero attached hydrogens (tertiary/aromatic N) is 5. The summed E-state index contributed by atoms with van der Waals surface area (Å²) in [6.45, 7) is 5.15. The van der Waals surface area contributed by atoms with Crippen molar-refractivity contribution < 1.29 is 9.59 Å². The van der Waals surface area contributed by atoms with Crippen LogP contribution in [0.2, 0.25) is 0 Å². The highest BCUT2D eigenvalue weighted by atomic mass is 16.2. The van der Waals surface area contributed by atoms with Crippen LogP contribution in [0, 0.1) is 0 Å². The Kier molecular flexibility index (Phi) is 5.44. The molecule has 29 heavy (non-hydrogen) atoms. The standard InChI is InChI=1S/C21H26N6O2/c1-21(9-8-17-6-3-2-4-7-17)18(28)27(20(29)24-21)16-25-12-14-26(15-13-25)19-22-10-5-11-23-19/h2-7,10-11H,8-9,12-16H2,1H3,(H,24,29)/t21-/m0/s1. The van der Waals surface area contributed by atoms with Crippen LogP contribution < -0.4 is 10.2 Å². The van der Waals surface area contributed by atoms with Gasteiger partial charge in [0.25, 0.3) is 5.91 Å². The predicted octanol–water partition coefficient (Wildman–Crippen LogP) is 1.50. The summed E-state index contributed by atoms with van der Waals surface area (Å²) in [5, 5.41) is 2.90. The fourth-order valence-corrected chi connectivity index (χ4v) is 3.83. The molecule has 3 heterocycles. The SMILES string of the molecule is C[C@@]1(CCc2ccccc2)NC(=O)N(CN2CCN(c3ncccn3)CC2)C1=O. The van der Waals surface area contributed by atoms with Crippen LogP contribution in [0.5, 0.6) is 0 Å². The molecule has 2 saturated heterocycles. The molecular weight excluding hydrogens is 368 g/mol. The van der Waals surface area contributed by atoms with E-state index in [0.717, 1.165) is 44.1 Å². The topological polar surface area (TPSA) is 81.7 Å². The van der Waals surface area contributed by atoms with E-state index >= 15 is 0 Å². The Hall–Kier alpha value is -3.00. The highest BCUT2D eigenvalue weighted by Crippen LogP contribution is 2.24. The first-order valence-corrected chi connectivity index (χ1v) is 9.97. The number of aromatic nitrogens is 2. The van der Waals surface area contributed by atoms with E-state index in [1.165, 1.54) is 4.90 Å². The Labute approximate surface area is 170 Å². The highest BCUT2D eigenvalue weighted by molar-refractivity contribution is 6.06. The molecule has 8 nitrogen and oxygen atoms in total. The zero-order chi connectivity index (χ0) is 20.3. The van der Waals surface area contributed by atoms with Crippen molar-refractivity contribution >= 4 is 17.9 Å². The molecule has 1 aromatic heterocycles. The van der Waals surface area contributed by atoms with Gasteiger partial charge in [-0.25, -0.2) is 19.7 Å². The quantitative estimate of drug-likeness (QED) is 0.748. The molecule has 0 bridgehead atoms. The van der Waals surface area contributed by atoms with Crippen LogP contribution in [-0.4, -0.2) is 70.1 Å². The molecule has 8 heteroatoms. The van der Waals surface area contributed by atoms with Gasteiger partial charge in [0, 0.05) is 38.6 Å². The summed E-state index contributed by atoms with van der Waals surface area (Å²) in [5.74, 6) is 0.572. The lowest BCUT2D eigenvalue weighted by molar-refractivity contribution is -0.132. The minimum absolute atomic E-state index is 0.146. The lowest BCUT2D eigenvalue weighted by Gasteiger charge is -2.36. The molecule has 2 aromatic rings. The van der Waals surface area contributed by atoms with Gasteiger partial charge in [-0.3, -0.25) is 9.69 Å². The Bertz CT molecular complexity index is 854. The summed E-state index contributed by atoms with van der Waals surface area (Å²) in [6, 6.07) is 11.5. The molecule has 3 amide bonds. The van der Waals surface area contributed by atoms with Crippen LogP contribution >= 0.6 is 0 Å². The molecule has 1 N–H and O–H groups in total. The first-order valence-electron chi connectivity index (χ1n) is 9.97. The summed E-state index contributed by atoms with van der Waals surface area (Å²) >= 11 is 0. The molecule has 0 aliphatic carbocycles. The summed E-state index contributed by atoms with van der Waals surface area (Å²) < 4.78 is 0. The number of amides is 3. The van der Waals surface area contributed by atoms with Gasteiger partial charge in [-0.1, -0.05) is 30.3 Å². The number of urea groups is 1. The number of hydrogen-bond donors (Lipinski definition) is 1. The van der Waals surface area contributed by atoms with Crippen molar-refractivity contribution in [1.82, 2.24) is 25.1 Å². The number of hydrogen-bond acceptors (Lipinski definition) is 6. The first kappa shape index (κ1) is 19.3. The van der Waals surface area contributed by atoms with E-state index in [-0.39, 0.29) is 11.9 Å². The molecule has 0 saturated carbocycles. The summed E-state index contributed by atoms with van der Waals surface area (Å²) in [6.07, 6.45) is 4.79. The Morgan fingerprint density at radius 1 is 1.00 bits per heavy atom. The molecule has 0 unspecified atom stereocenters. The number of carbonyl (C=O) groups excluding carboxylic acids is 2. The fourth-order valence-electron chi connectivity index (χ4n) is 3.83. The number of carbonyl (C=O) groups is 2. The first-order chi connectivity index (χ1) is 14.0. The van der Waals surface area contributed by atoms with Gasteiger partial charge in [0.15, 0.2) is 0 Å². The van der Waals surface area contributed by atoms with Gasteiger partial charge in [0.2, 0.25) is 5.95 Å². The molecule has 2 fully saturated rings. The molecule has 1 atom stereocenters. The van der Waals surface area contributed by atoms with Gasteiger partial charge in [0.1, 0.15) is 5.54 Å². The van der Waals surface area contributed by atoms with Crippen molar-refractivity contribution in [2.75, 3.05) is 37.7 Å². The maximum Gasteiger partial charge on any atom is 0.326 e. The maximum atomic E-state index is 13.0. The van der Waals surface area contributed by atoms with Crippen LogP contribution in [-0.2, 0) is 11.2 Å². The third kappa shape index (κ3) is 4.22. The monoisotopic (exact) mass is 394 g/mol. The minimum atomic E-state index is -0.855. The zero-order valence-electron chi connectivity index (χ0n) is 16.6. The van der Waals surface area contributed by atoms with E-state index in [4.69, 9.17) is 0 Å². The van der Waals surface area contributed by atoms with Crippen LogP contribution in [0.1, 0.15) is 18.9 Å². The van der Waals surface area contributed by atoms with Crippen LogP contribution in [0.3, 0.4) is 0 Å². The molecule has 1 aromatic carbocycles. The van der Waals surface area contributed by atoms with Crippen molar-refractivity contribution in [3.05, 3.63) is 54.4 Å². The number of rotatable bonds is 6. The highest BCUT2D eigenvalue weighted by Gasteiger charge is 2.47. The molecule has 152 valence electrons. The largest absolute Gasteiger partial charge is 0.338 e. The maximum absolute atomic E-state index is 13.0. The van der Waals surface area contributed by atoms with E-state index in [1.807, 2.05) is 37.3 Å². The van der Waals surface area contributed by atoms with E-state index in [2.05, 4.69) is 25.1 Å². The van der Waals surface area contributed by atoms with Crippen LogP contribution in [0.4, 0.5) is 10.7 Å². The number of imide groups is 1. The number of piperazine rings is 1. The smallest absolute Gasteiger partial charge is 0.326 e. The Balaban J connectivity index is 1.32. The Morgan fingerprint density at radius 2 is 1.69 bits per heavy atom. The van der Waals surface area contributed by atoms with Gasteiger partial charge in [-0.15, -0.1) is 0 Å². The van der Waals surface area contributed by atoms with Crippen molar-refractivity contribution in [2.45, 2.75) is 25.3 Å². The Morgan fingerprint density at radius 3 is 2.38 bits per heavy atom. The average Bonchev–Trinajstić information content (AvgIpc) is 2.97. The third-order valence-corrected chi connectivity index (χ3v) is 5.65. The van der Waals surface area contributed by atoms with Crippen molar-refractivity contribution in [3.8, 4) is 0 Å².